The lowest BCUT2D eigenvalue weighted by Crippen LogP contribution is -1.79. The average molecular weight is 131 g/mol. The molecule has 1 aromatic carbocycles. The van der Waals surface area contributed by atoms with Crippen molar-refractivity contribution < 1.29 is 0 Å². The summed E-state index contributed by atoms with van der Waals surface area (Å²) in [4.78, 5) is 0. The molecule has 0 saturated carbocycles. The molecule has 0 spiro atoms. The highest BCUT2D eigenvalue weighted by Gasteiger charge is 1.90. The molecule has 0 aliphatic carbocycles. The Morgan fingerprint density at radius 1 is 1.30 bits per heavy atom. The van der Waals surface area contributed by atoms with E-state index in [1.165, 1.54) is 16.7 Å². The summed E-state index contributed by atoms with van der Waals surface area (Å²) in [6, 6.07) is 7.34. The van der Waals surface area contributed by atoms with Crippen molar-refractivity contribution in [2.24, 2.45) is 0 Å². The monoisotopic (exact) mass is 131 g/mol. The minimum atomic E-state index is 1.17. The highest BCUT2D eigenvalue weighted by molar-refractivity contribution is 5.49. The summed E-state index contributed by atoms with van der Waals surface area (Å²) in [5.41, 5.74) is 3.53. The lowest BCUT2D eigenvalue weighted by Gasteiger charge is -1.97. The molecule has 0 bridgehead atoms. The highest BCUT2D eigenvalue weighted by Crippen LogP contribution is 2.08. The van der Waals surface area contributed by atoms with Gasteiger partial charge in [0.15, 0.2) is 0 Å². The topological polar surface area (TPSA) is 0 Å². The smallest absolute Gasteiger partial charge is 0.0120 e. The quantitative estimate of drug-likeness (QED) is 0.549. The second-order valence-electron chi connectivity index (χ2n) is 2.48. The summed E-state index contributed by atoms with van der Waals surface area (Å²) in [5.74, 6) is 0. The Morgan fingerprint density at radius 2 is 1.80 bits per heavy atom. The molecule has 1 rings (SSSR count). The van der Waals surface area contributed by atoms with E-state index in [2.05, 4.69) is 24.8 Å². The van der Waals surface area contributed by atoms with Crippen LogP contribution in [-0.2, 0) is 0 Å². The molecule has 51 valence electrons. The van der Waals surface area contributed by atoms with E-state index >= 15 is 0 Å². The molecule has 1 radical (unpaired) electrons. The normalized spacial score (nSPS) is 9.40. The molecule has 0 fully saturated rings. The maximum absolute atomic E-state index is 3.70. The number of benzene rings is 1. The van der Waals surface area contributed by atoms with Gasteiger partial charge in [-0.15, -0.1) is 0 Å². The fraction of sp³-hybridized carbons (Fsp3) is 0.200. The SMILES string of the molecule is C=Cc1cc(C)[c]c(C)c1. The second kappa shape index (κ2) is 2.70. The minimum Gasteiger partial charge on any atom is -0.0985 e. The van der Waals surface area contributed by atoms with Gasteiger partial charge < -0.3 is 0 Å². The number of hydrogen-bond donors (Lipinski definition) is 0. The van der Waals surface area contributed by atoms with Gasteiger partial charge in [-0.2, -0.15) is 0 Å². The van der Waals surface area contributed by atoms with Gasteiger partial charge in [-0.25, -0.2) is 0 Å². The summed E-state index contributed by atoms with van der Waals surface area (Å²) >= 11 is 0. The van der Waals surface area contributed by atoms with E-state index in [0.29, 0.717) is 0 Å². The molecule has 0 unspecified atom stereocenters. The van der Waals surface area contributed by atoms with E-state index in [1.54, 1.807) is 0 Å². The van der Waals surface area contributed by atoms with E-state index in [9.17, 15) is 0 Å². The summed E-state index contributed by atoms with van der Waals surface area (Å²) in [5, 5.41) is 0. The molecule has 1 aromatic rings. The van der Waals surface area contributed by atoms with Crippen molar-refractivity contribution in [2.75, 3.05) is 0 Å². The summed E-state index contributed by atoms with van der Waals surface area (Å²) in [7, 11) is 0. The lowest BCUT2D eigenvalue weighted by atomic mass is 10.1. The third kappa shape index (κ3) is 1.47. The standard InChI is InChI=1S/C10H11/c1-4-10-6-8(2)5-9(3)7-10/h4,6-7H,1H2,2-3H3. The van der Waals surface area contributed by atoms with Crippen LogP contribution in [0.4, 0.5) is 0 Å². The van der Waals surface area contributed by atoms with E-state index in [1.807, 2.05) is 19.9 Å². The first-order valence-corrected chi connectivity index (χ1v) is 3.35. The van der Waals surface area contributed by atoms with Gasteiger partial charge in [0.05, 0.1) is 0 Å². The van der Waals surface area contributed by atoms with Crippen molar-refractivity contribution in [2.45, 2.75) is 13.8 Å². The maximum Gasteiger partial charge on any atom is -0.0120 e. The number of aryl methyl sites for hydroxylation is 2. The van der Waals surface area contributed by atoms with Crippen molar-refractivity contribution in [3.05, 3.63) is 41.5 Å². The third-order valence-electron chi connectivity index (χ3n) is 1.40. The Kier molecular flexibility index (Phi) is 1.91. The fourth-order valence-electron chi connectivity index (χ4n) is 1.04. The Hall–Kier alpha value is -1.04. The Labute approximate surface area is 62.2 Å². The lowest BCUT2D eigenvalue weighted by molar-refractivity contribution is 1.36. The molecule has 0 atom stereocenters. The van der Waals surface area contributed by atoms with Crippen LogP contribution in [0.15, 0.2) is 18.7 Å². The van der Waals surface area contributed by atoms with Gasteiger partial charge in [-0.1, -0.05) is 24.8 Å². The maximum atomic E-state index is 3.70. The van der Waals surface area contributed by atoms with Crippen LogP contribution in [-0.4, -0.2) is 0 Å². The van der Waals surface area contributed by atoms with Gasteiger partial charge in [-0.3, -0.25) is 0 Å². The zero-order valence-electron chi connectivity index (χ0n) is 6.44. The van der Waals surface area contributed by atoms with Crippen LogP contribution in [0, 0.1) is 19.9 Å². The highest BCUT2D eigenvalue weighted by atomic mass is 13.9. The van der Waals surface area contributed by atoms with E-state index in [-0.39, 0.29) is 0 Å². The second-order valence-corrected chi connectivity index (χ2v) is 2.48. The molecule has 0 N–H and O–H groups in total. The Balaban J connectivity index is 3.18. The molecular formula is C10H11. The fourth-order valence-corrected chi connectivity index (χ4v) is 1.04. The molecule has 0 heteroatoms. The molecule has 0 aromatic heterocycles. The van der Waals surface area contributed by atoms with Crippen LogP contribution in [0.1, 0.15) is 16.7 Å². The molecule has 0 heterocycles. The van der Waals surface area contributed by atoms with Gasteiger partial charge in [0.1, 0.15) is 0 Å². The molecule has 0 saturated heterocycles. The van der Waals surface area contributed by atoms with Crippen molar-refractivity contribution in [1.82, 2.24) is 0 Å². The first-order chi connectivity index (χ1) is 4.72. The minimum absolute atomic E-state index is 1.17. The number of rotatable bonds is 1. The molecule has 0 aliphatic heterocycles. The predicted octanol–water partition coefficient (Wildman–Crippen LogP) is 2.75. The van der Waals surface area contributed by atoms with Gasteiger partial charge in [0.25, 0.3) is 0 Å². The zero-order chi connectivity index (χ0) is 7.56. The Bertz CT molecular complexity index is 226. The average Bonchev–Trinajstić information content (AvgIpc) is 1.85. The summed E-state index contributed by atoms with van der Waals surface area (Å²) in [6.45, 7) is 7.78. The van der Waals surface area contributed by atoms with Crippen molar-refractivity contribution in [3.8, 4) is 0 Å². The van der Waals surface area contributed by atoms with Gasteiger partial charge in [-0.05, 0) is 36.6 Å². The van der Waals surface area contributed by atoms with Crippen LogP contribution in [0.2, 0.25) is 0 Å². The molecule has 0 nitrogen and oxygen atoms in total. The first-order valence-electron chi connectivity index (χ1n) is 3.35. The molecular weight excluding hydrogens is 120 g/mol. The third-order valence-corrected chi connectivity index (χ3v) is 1.40. The van der Waals surface area contributed by atoms with Crippen LogP contribution >= 0.6 is 0 Å². The first kappa shape index (κ1) is 7.07. The van der Waals surface area contributed by atoms with E-state index < -0.39 is 0 Å². The van der Waals surface area contributed by atoms with Gasteiger partial charge in [0, 0.05) is 0 Å². The predicted molar refractivity (Wildman–Crippen MR) is 44.8 cm³/mol. The largest absolute Gasteiger partial charge is 0.0985 e. The van der Waals surface area contributed by atoms with Crippen molar-refractivity contribution >= 4 is 6.08 Å². The van der Waals surface area contributed by atoms with Crippen LogP contribution in [0.5, 0.6) is 0 Å². The molecule has 0 amide bonds. The van der Waals surface area contributed by atoms with Crippen LogP contribution < -0.4 is 0 Å². The van der Waals surface area contributed by atoms with Crippen LogP contribution in [0.3, 0.4) is 0 Å². The van der Waals surface area contributed by atoms with Crippen molar-refractivity contribution in [1.29, 1.82) is 0 Å². The van der Waals surface area contributed by atoms with Gasteiger partial charge >= 0.3 is 0 Å². The molecule has 10 heavy (non-hydrogen) atoms. The molecule has 0 aliphatic rings. The van der Waals surface area contributed by atoms with Crippen LogP contribution in [0.25, 0.3) is 6.08 Å². The Morgan fingerprint density at radius 3 is 2.20 bits per heavy atom. The van der Waals surface area contributed by atoms with Crippen molar-refractivity contribution in [3.63, 3.8) is 0 Å². The van der Waals surface area contributed by atoms with Gasteiger partial charge in [0.2, 0.25) is 0 Å². The zero-order valence-corrected chi connectivity index (χ0v) is 6.44. The number of hydrogen-bond acceptors (Lipinski definition) is 0. The summed E-state index contributed by atoms with van der Waals surface area (Å²) < 4.78 is 0. The summed E-state index contributed by atoms with van der Waals surface area (Å²) in [6.07, 6.45) is 1.86. The van der Waals surface area contributed by atoms with E-state index in [0.717, 1.165) is 0 Å². The van der Waals surface area contributed by atoms with E-state index in [4.69, 9.17) is 0 Å².